The Hall–Kier alpha value is 0.220. The minimum atomic E-state index is -1.08. The highest BCUT2D eigenvalue weighted by molar-refractivity contribution is 8.52. The van der Waals surface area contributed by atoms with Gasteiger partial charge in [0.15, 0.2) is 0 Å². The second-order valence-electron chi connectivity index (χ2n) is 3.74. The zero-order valence-electron chi connectivity index (χ0n) is 7.68. The third kappa shape index (κ3) is 0.623. The van der Waals surface area contributed by atoms with Gasteiger partial charge in [-0.15, -0.1) is 0 Å². The normalized spacial score (nSPS) is 45.4. The van der Waals surface area contributed by atoms with Gasteiger partial charge < -0.3 is 0 Å². The van der Waals surface area contributed by atoms with Gasteiger partial charge in [-0.2, -0.15) is 0 Å². The Labute approximate surface area is 64.9 Å². The summed E-state index contributed by atoms with van der Waals surface area (Å²) in [6.07, 6.45) is 0. The first-order valence-electron chi connectivity index (χ1n) is 4.24. The highest BCUT2D eigenvalue weighted by atomic mass is 32.3. The fourth-order valence-corrected chi connectivity index (χ4v) is 7.44. The Kier molecular flexibility index (Phi) is 1.56. The van der Waals surface area contributed by atoms with Gasteiger partial charge >= 0.3 is 0 Å². The van der Waals surface area contributed by atoms with E-state index in [1.54, 1.807) is 0 Å². The molecule has 2 unspecified atom stereocenters. The molecule has 1 aliphatic heterocycles. The molecule has 0 aliphatic carbocycles. The van der Waals surface area contributed by atoms with Crippen LogP contribution >= 0.6 is 8.75 Å². The molecule has 0 aromatic carbocycles. The summed E-state index contributed by atoms with van der Waals surface area (Å²) in [6, 6.07) is 0. The Balaban J connectivity index is 2.95. The summed E-state index contributed by atoms with van der Waals surface area (Å²) in [5.41, 5.74) is 0. The van der Waals surface area contributed by atoms with Crippen molar-refractivity contribution in [2.24, 2.45) is 0 Å². The highest BCUT2D eigenvalue weighted by Crippen LogP contribution is 2.80. The first-order valence-corrected chi connectivity index (χ1v) is 6.91. The fourth-order valence-electron chi connectivity index (χ4n) is 2.24. The molecule has 1 rings (SSSR count). The van der Waals surface area contributed by atoms with E-state index in [0.29, 0.717) is 0 Å². The van der Waals surface area contributed by atoms with Crippen LogP contribution in [-0.4, -0.2) is 27.9 Å². The average Bonchev–Trinajstić information content (AvgIpc) is 2.40. The lowest BCUT2D eigenvalue weighted by molar-refractivity contribution is 1.05. The number of hydrogen-bond donors (Lipinski definition) is 0. The van der Waals surface area contributed by atoms with Crippen LogP contribution in [0.1, 0.15) is 27.7 Å². The van der Waals surface area contributed by atoms with E-state index in [2.05, 4.69) is 33.6 Å². The van der Waals surface area contributed by atoms with Crippen LogP contribution in [-0.2, 0) is 0 Å². The topological polar surface area (TPSA) is 0 Å². The van der Waals surface area contributed by atoms with Gasteiger partial charge in [0.25, 0.3) is 0 Å². The minimum Gasteiger partial charge on any atom is -0.244 e. The van der Waals surface area contributed by atoms with Crippen molar-refractivity contribution in [1.82, 2.24) is 0 Å². The average molecular weight is 160 g/mol. The van der Waals surface area contributed by atoms with Crippen LogP contribution in [0.5, 0.6) is 0 Å². The minimum absolute atomic E-state index is 0.937. The monoisotopic (exact) mass is 160 g/mol. The van der Waals surface area contributed by atoms with Crippen molar-refractivity contribution >= 4 is 14.6 Å². The van der Waals surface area contributed by atoms with E-state index in [4.69, 9.17) is 0 Å². The van der Waals surface area contributed by atoms with Gasteiger partial charge in [-0.05, 0) is 22.0 Å². The van der Waals surface area contributed by atoms with Crippen LogP contribution in [0.15, 0.2) is 0 Å². The molecular formula is C9H20S. The predicted octanol–water partition coefficient (Wildman–Crippen LogP) is 2.59. The summed E-state index contributed by atoms with van der Waals surface area (Å²) in [5.74, 6) is 7.21. The van der Waals surface area contributed by atoms with Crippen LogP contribution in [0.4, 0.5) is 0 Å². The van der Waals surface area contributed by atoms with Gasteiger partial charge in [-0.3, -0.25) is 0 Å². The molecule has 0 radical (unpaired) electrons. The van der Waals surface area contributed by atoms with Crippen molar-refractivity contribution in [2.45, 2.75) is 38.2 Å². The maximum absolute atomic E-state index is 4.52. The standard InChI is InChI=1S/C9H20S/c1-6-10(5,7-2)8(3)9(10)4/h8-9H,5-7H2,1-4H3. The zero-order valence-corrected chi connectivity index (χ0v) is 8.50. The van der Waals surface area contributed by atoms with Crippen molar-refractivity contribution in [3.8, 4) is 0 Å². The molecule has 0 aromatic rings. The zero-order chi connectivity index (χ0) is 8.02. The molecule has 2 atom stereocenters. The van der Waals surface area contributed by atoms with Crippen LogP contribution in [0.2, 0.25) is 0 Å². The molecule has 0 saturated carbocycles. The Morgan fingerprint density at radius 3 is 1.40 bits per heavy atom. The molecule has 1 heterocycles. The van der Waals surface area contributed by atoms with E-state index in [9.17, 15) is 0 Å². The van der Waals surface area contributed by atoms with Gasteiger partial charge in [0.05, 0.1) is 0 Å². The first kappa shape index (κ1) is 8.32. The quantitative estimate of drug-likeness (QED) is 0.430. The lowest BCUT2D eigenvalue weighted by Crippen LogP contribution is -2.00. The smallest absolute Gasteiger partial charge is 0.00720 e. The molecule has 0 N–H and O–H groups in total. The summed E-state index contributed by atoms with van der Waals surface area (Å²) < 4.78 is 0. The van der Waals surface area contributed by atoms with Gasteiger partial charge in [-0.1, -0.05) is 33.6 Å². The van der Waals surface area contributed by atoms with Crippen molar-refractivity contribution in [3.63, 3.8) is 0 Å². The third-order valence-electron chi connectivity index (χ3n) is 4.07. The van der Waals surface area contributed by atoms with Crippen molar-refractivity contribution in [3.05, 3.63) is 0 Å². The molecule has 62 valence electrons. The molecule has 1 heteroatoms. The van der Waals surface area contributed by atoms with E-state index < -0.39 is 8.75 Å². The van der Waals surface area contributed by atoms with Crippen molar-refractivity contribution < 1.29 is 0 Å². The molecular weight excluding hydrogens is 140 g/mol. The van der Waals surface area contributed by atoms with E-state index >= 15 is 0 Å². The second-order valence-corrected chi connectivity index (χ2v) is 9.87. The van der Waals surface area contributed by atoms with E-state index in [0.717, 1.165) is 10.5 Å². The van der Waals surface area contributed by atoms with Crippen molar-refractivity contribution in [2.75, 3.05) is 11.5 Å². The lowest BCUT2D eigenvalue weighted by Gasteiger charge is -2.28. The molecule has 0 spiro atoms. The molecule has 0 amide bonds. The third-order valence-corrected chi connectivity index (χ3v) is 11.6. The van der Waals surface area contributed by atoms with E-state index in [1.165, 1.54) is 11.5 Å². The molecule has 1 saturated heterocycles. The molecule has 1 aliphatic rings. The summed E-state index contributed by atoms with van der Waals surface area (Å²) in [5, 5.41) is 1.87. The summed E-state index contributed by atoms with van der Waals surface area (Å²) in [4.78, 5) is 0. The van der Waals surface area contributed by atoms with Crippen LogP contribution in [0.25, 0.3) is 0 Å². The van der Waals surface area contributed by atoms with Gasteiger partial charge in [0, 0.05) is 0 Å². The largest absolute Gasteiger partial charge is 0.244 e. The molecule has 0 nitrogen and oxygen atoms in total. The van der Waals surface area contributed by atoms with Crippen molar-refractivity contribution in [1.29, 1.82) is 0 Å². The number of rotatable bonds is 2. The van der Waals surface area contributed by atoms with E-state index in [-0.39, 0.29) is 0 Å². The van der Waals surface area contributed by atoms with Crippen LogP contribution < -0.4 is 0 Å². The van der Waals surface area contributed by atoms with Gasteiger partial charge in [0.1, 0.15) is 0 Å². The second kappa shape index (κ2) is 1.88. The fraction of sp³-hybridized carbons (Fsp3) is 0.889. The Bertz CT molecular complexity index is 181. The molecule has 1 fully saturated rings. The van der Waals surface area contributed by atoms with Crippen LogP contribution in [0, 0.1) is 0 Å². The molecule has 0 aromatic heterocycles. The summed E-state index contributed by atoms with van der Waals surface area (Å²) in [6.45, 7) is 9.40. The maximum atomic E-state index is 4.52. The van der Waals surface area contributed by atoms with Crippen LogP contribution in [0.3, 0.4) is 0 Å². The highest BCUT2D eigenvalue weighted by Gasteiger charge is 2.56. The molecule has 10 heavy (non-hydrogen) atoms. The number of hydrogen-bond acceptors (Lipinski definition) is 0. The van der Waals surface area contributed by atoms with E-state index in [1.807, 2.05) is 0 Å². The first-order chi connectivity index (χ1) is 4.50. The maximum Gasteiger partial charge on any atom is -0.00720 e. The SMILES string of the molecule is C=S1(CC)(CC)C(C)C1C. The van der Waals surface area contributed by atoms with Gasteiger partial charge in [0.2, 0.25) is 0 Å². The predicted molar refractivity (Wildman–Crippen MR) is 54.7 cm³/mol. The summed E-state index contributed by atoms with van der Waals surface area (Å²) >= 11 is 0. The molecule has 0 bridgehead atoms. The Morgan fingerprint density at radius 1 is 1.10 bits per heavy atom. The Morgan fingerprint density at radius 2 is 1.40 bits per heavy atom. The lowest BCUT2D eigenvalue weighted by atomic mass is 10.4. The summed E-state index contributed by atoms with van der Waals surface area (Å²) in [7, 11) is -1.08. The van der Waals surface area contributed by atoms with Gasteiger partial charge in [-0.25, -0.2) is 8.75 Å².